The Bertz CT molecular complexity index is 649. The molecule has 0 aliphatic carbocycles. The number of rotatable bonds is 5. The van der Waals surface area contributed by atoms with Crippen LogP contribution in [0.5, 0.6) is 0 Å². The van der Waals surface area contributed by atoms with Gasteiger partial charge in [-0.2, -0.15) is 0 Å². The van der Waals surface area contributed by atoms with Crippen LogP contribution in [0.1, 0.15) is 21.5 Å². The lowest BCUT2D eigenvalue weighted by Crippen LogP contribution is -2.22. The molecule has 0 aliphatic rings. The number of carbonyl (C=O) groups excluding carboxylic acids is 1. The Hall–Kier alpha value is -2.95. The van der Waals surface area contributed by atoms with E-state index in [1.54, 1.807) is 30.5 Å². The highest BCUT2D eigenvalue weighted by atomic mass is 16.4. The highest BCUT2D eigenvalue weighted by Crippen LogP contribution is 2.06. The third-order valence-corrected chi connectivity index (χ3v) is 2.77. The fourth-order valence-electron chi connectivity index (χ4n) is 1.70. The predicted octanol–water partition coefficient (Wildman–Crippen LogP) is 2.11. The summed E-state index contributed by atoms with van der Waals surface area (Å²) in [6, 6.07) is 10.7. The number of aliphatic carboxylic acids is 1. The molecule has 21 heavy (non-hydrogen) atoms. The van der Waals surface area contributed by atoms with Crippen molar-refractivity contribution in [3.8, 4) is 0 Å². The van der Waals surface area contributed by atoms with Gasteiger partial charge >= 0.3 is 5.97 Å². The first-order chi connectivity index (χ1) is 10.1. The Morgan fingerprint density at radius 3 is 2.57 bits per heavy atom. The number of pyridine rings is 1. The monoisotopic (exact) mass is 282 g/mol. The van der Waals surface area contributed by atoms with Crippen LogP contribution in [0.3, 0.4) is 0 Å². The Balaban J connectivity index is 1.92. The van der Waals surface area contributed by atoms with Crippen molar-refractivity contribution < 1.29 is 14.7 Å². The third-order valence-electron chi connectivity index (χ3n) is 2.77. The second-order valence-corrected chi connectivity index (χ2v) is 4.34. The zero-order valence-electron chi connectivity index (χ0n) is 11.2. The van der Waals surface area contributed by atoms with Gasteiger partial charge < -0.3 is 10.4 Å². The lowest BCUT2D eigenvalue weighted by Gasteiger charge is -2.05. The van der Waals surface area contributed by atoms with Crippen molar-refractivity contribution >= 4 is 18.0 Å². The van der Waals surface area contributed by atoms with Crippen molar-refractivity contribution in [1.82, 2.24) is 10.3 Å². The van der Waals surface area contributed by atoms with Gasteiger partial charge in [-0.3, -0.25) is 9.78 Å². The number of carbonyl (C=O) groups is 2. The minimum atomic E-state index is -0.984. The van der Waals surface area contributed by atoms with Gasteiger partial charge in [-0.05, 0) is 29.3 Å². The number of carboxylic acid groups (broad SMARTS) is 1. The molecule has 1 amide bonds. The van der Waals surface area contributed by atoms with E-state index in [2.05, 4.69) is 10.3 Å². The maximum atomic E-state index is 11.8. The molecule has 2 aromatic rings. The van der Waals surface area contributed by atoms with Gasteiger partial charge in [0.2, 0.25) is 0 Å². The molecule has 0 radical (unpaired) electrons. The summed E-state index contributed by atoms with van der Waals surface area (Å²) in [5, 5.41) is 11.3. The molecule has 0 fully saturated rings. The van der Waals surface area contributed by atoms with Crippen molar-refractivity contribution in [1.29, 1.82) is 0 Å². The fraction of sp³-hybridized carbons (Fsp3) is 0.0625. The van der Waals surface area contributed by atoms with Crippen molar-refractivity contribution in [3.05, 3.63) is 71.6 Å². The van der Waals surface area contributed by atoms with Gasteiger partial charge in [0, 0.05) is 25.0 Å². The zero-order valence-corrected chi connectivity index (χ0v) is 11.2. The average Bonchev–Trinajstić information content (AvgIpc) is 2.52. The van der Waals surface area contributed by atoms with Crippen LogP contribution in [0.25, 0.3) is 6.08 Å². The molecule has 0 bridgehead atoms. The van der Waals surface area contributed by atoms with E-state index in [-0.39, 0.29) is 5.91 Å². The first kappa shape index (κ1) is 14.5. The van der Waals surface area contributed by atoms with Crippen LogP contribution in [-0.2, 0) is 11.3 Å². The van der Waals surface area contributed by atoms with Gasteiger partial charge in [-0.25, -0.2) is 4.79 Å². The average molecular weight is 282 g/mol. The summed E-state index contributed by atoms with van der Waals surface area (Å²) in [5.41, 5.74) is 2.23. The van der Waals surface area contributed by atoms with Gasteiger partial charge in [0.15, 0.2) is 0 Å². The lowest BCUT2D eigenvalue weighted by molar-refractivity contribution is -0.131. The summed E-state index contributed by atoms with van der Waals surface area (Å²) in [7, 11) is 0. The van der Waals surface area contributed by atoms with Gasteiger partial charge in [-0.15, -0.1) is 0 Å². The van der Waals surface area contributed by atoms with E-state index < -0.39 is 5.97 Å². The third kappa shape index (κ3) is 4.58. The fourth-order valence-corrected chi connectivity index (χ4v) is 1.70. The van der Waals surface area contributed by atoms with Crippen LogP contribution >= 0.6 is 0 Å². The van der Waals surface area contributed by atoms with Gasteiger partial charge in [0.05, 0.1) is 5.56 Å². The maximum Gasteiger partial charge on any atom is 0.328 e. The molecule has 0 atom stereocenters. The molecule has 5 nitrogen and oxygen atoms in total. The lowest BCUT2D eigenvalue weighted by atomic mass is 10.1. The topological polar surface area (TPSA) is 79.3 Å². The van der Waals surface area contributed by atoms with Crippen LogP contribution < -0.4 is 5.32 Å². The number of carboxylic acids is 1. The number of benzene rings is 1. The zero-order chi connectivity index (χ0) is 15.1. The summed E-state index contributed by atoms with van der Waals surface area (Å²) in [5.74, 6) is -1.17. The van der Waals surface area contributed by atoms with E-state index in [0.29, 0.717) is 12.1 Å². The Morgan fingerprint density at radius 2 is 1.95 bits per heavy atom. The Kier molecular flexibility index (Phi) is 4.82. The smallest absolute Gasteiger partial charge is 0.328 e. The highest BCUT2D eigenvalue weighted by Gasteiger charge is 2.04. The van der Waals surface area contributed by atoms with Crippen LogP contribution in [0.15, 0.2) is 54.9 Å². The van der Waals surface area contributed by atoms with E-state index in [1.165, 1.54) is 12.3 Å². The minimum Gasteiger partial charge on any atom is -0.478 e. The molecule has 1 aromatic carbocycles. The number of amides is 1. The normalized spacial score (nSPS) is 10.5. The van der Waals surface area contributed by atoms with E-state index >= 15 is 0 Å². The van der Waals surface area contributed by atoms with Gasteiger partial charge in [0.25, 0.3) is 5.91 Å². The molecule has 2 N–H and O–H groups in total. The molecule has 1 heterocycles. The quantitative estimate of drug-likeness (QED) is 0.823. The van der Waals surface area contributed by atoms with Crippen molar-refractivity contribution in [3.63, 3.8) is 0 Å². The molecule has 106 valence electrons. The molecule has 0 unspecified atom stereocenters. The molecule has 2 rings (SSSR count). The van der Waals surface area contributed by atoms with E-state index in [0.717, 1.165) is 17.2 Å². The number of nitrogens with one attached hydrogen (secondary N) is 1. The van der Waals surface area contributed by atoms with Crippen molar-refractivity contribution in [2.45, 2.75) is 6.54 Å². The van der Waals surface area contributed by atoms with Crippen LogP contribution in [0, 0.1) is 0 Å². The molecule has 1 aromatic heterocycles. The molecule has 0 aliphatic heterocycles. The number of nitrogens with zero attached hydrogens (tertiary/aromatic N) is 1. The molecular weight excluding hydrogens is 268 g/mol. The summed E-state index contributed by atoms with van der Waals surface area (Å²) in [6.45, 7) is 0.399. The maximum absolute atomic E-state index is 11.8. The first-order valence-electron chi connectivity index (χ1n) is 6.33. The van der Waals surface area contributed by atoms with Crippen LogP contribution in [0.4, 0.5) is 0 Å². The first-order valence-corrected chi connectivity index (χ1v) is 6.33. The molecular formula is C16H14N2O3. The summed E-state index contributed by atoms with van der Waals surface area (Å²) >= 11 is 0. The predicted molar refractivity (Wildman–Crippen MR) is 78.5 cm³/mol. The number of hydrogen-bond acceptors (Lipinski definition) is 3. The second kappa shape index (κ2) is 7.00. The Morgan fingerprint density at radius 1 is 1.19 bits per heavy atom. The summed E-state index contributed by atoms with van der Waals surface area (Å²) in [4.78, 5) is 26.1. The van der Waals surface area contributed by atoms with E-state index in [4.69, 9.17) is 5.11 Å². The Labute approximate surface area is 122 Å². The van der Waals surface area contributed by atoms with E-state index in [9.17, 15) is 9.59 Å². The number of aromatic nitrogens is 1. The van der Waals surface area contributed by atoms with E-state index in [1.807, 2.05) is 12.1 Å². The van der Waals surface area contributed by atoms with Gasteiger partial charge in [0.1, 0.15) is 0 Å². The van der Waals surface area contributed by atoms with Crippen molar-refractivity contribution in [2.24, 2.45) is 0 Å². The molecule has 0 saturated carbocycles. The van der Waals surface area contributed by atoms with Gasteiger partial charge in [-0.1, -0.05) is 24.3 Å². The molecule has 0 spiro atoms. The minimum absolute atomic E-state index is 0.182. The summed E-state index contributed by atoms with van der Waals surface area (Å²) in [6.07, 6.45) is 5.72. The summed E-state index contributed by atoms with van der Waals surface area (Å²) < 4.78 is 0. The van der Waals surface area contributed by atoms with Crippen LogP contribution in [0.2, 0.25) is 0 Å². The highest BCUT2D eigenvalue weighted by molar-refractivity contribution is 5.93. The molecule has 5 heteroatoms. The number of hydrogen-bond donors (Lipinski definition) is 2. The largest absolute Gasteiger partial charge is 0.478 e. The van der Waals surface area contributed by atoms with Crippen LogP contribution in [-0.4, -0.2) is 22.0 Å². The second-order valence-electron chi connectivity index (χ2n) is 4.34. The van der Waals surface area contributed by atoms with Crippen molar-refractivity contribution in [2.75, 3.05) is 0 Å². The molecule has 0 saturated heterocycles. The standard InChI is InChI=1S/C16H14N2O3/c19-15(20)8-7-12-3-5-13(6-4-12)10-18-16(21)14-2-1-9-17-11-14/h1-9,11H,10H2,(H,18,21)(H,19,20). The SMILES string of the molecule is O=C(O)C=Cc1ccc(CNC(=O)c2cccnc2)cc1.